The summed E-state index contributed by atoms with van der Waals surface area (Å²) >= 11 is 0. The molecule has 2 fully saturated rings. The van der Waals surface area contributed by atoms with Crippen LogP contribution in [0.3, 0.4) is 0 Å². The number of ether oxygens (including phenoxy) is 1. The summed E-state index contributed by atoms with van der Waals surface area (Å²) in [5.41, 5.74) is 0.173. The zero-order valence-corrected chi connectivity index (χ0v) is 23.4. The number of piperazine rings is 1. The summed E-state index contributed by atoms with van der Waals surface area (Å²) in [5, 5.41) is 0. The van der Waals surface area contributed by atoms with Gasteiger partial charge >= 0.3 is 12.2 Å². The van der Waals surface area contributed by atoms with Gasteiger partial charge in [0.05, 0.1) is 17.8 Å². The molecule has 0 bridgehead atoms. The number of carbonyl (C=O) groups is 1. The molecular weight excluding hydrogens is 554 g/mol. The number of alkyl halides is 3. The molecular formula is C29H33F4N7O2. The van der Waals surface area contributed by atoms with Gasteiger partial charge < -0.3 is 29.2 Å². The molecule has 0 radical (unpaired) electrons. The summed E-state index contributed by atoms with van der Waals surface area (Å²) in [5.74, 6) is -0.595. The summed E-state index contributed by atoms with van der Waals surface area (Å²) < 4.78 is 61.4. The Kier molecular flexibility index (Phi) is 8.54. The molecule has 13 heteroatoms. The summed E-state index contributed by atoms with van der Waals surface area (Å²) in [6.07, 6.45) is -1.10. The molecule has 0 spiro atoms. The van der Waals surface area contributed by atoms with Gasteiger partial charge in [-0.25, -0.2) is 11.0 Å². The number of anilines is 2. The third-order valence-corrected chi connectivity index (χ3v) is 8.25. The lowest BCUT2D eigenvalue weighted by Crippen LogP contribution is -2.56. The minimum absolute atomic E-state index is 0.0552. The third-order valence-electron chi connectivity index (χ3n) is 8.25. The second-order valence-electron chi connectivity index (χ2n) is 10.8. The lowest BCUT2D eigenvalue weighted by atomic mass is 10.0. The maximum absolute atomic E-state index is 13.8. The van der Waals surface area contributed by atoms with Gasteiger partial charge in [-0.2, -0.15) is 23.1 Å². The Morgan fingerprint density at radius 1 is 1.19 bits per heavy atom. The van der Waals surface area contributed by atoms with Crippen molar-refractivity contribution in [3.63, 3.8) is 0 Å². The van der Waals surface area contributed by atoms with Crippen LogP contribution in [-0.2, 0) is 23.9 Å². The molecule has 5 rings (SSSR count). The highest BCUT2D eigenvalue weighted by atomic mass is 19.4. The highest BCUT2D eigenvalue weighted by Gasteiger charge is 2.38. The number of rotatable bonds is 7. The number of aromatic nitrogens is 2. The van der Waals surface area contributed by atoms with E-state index in [1.54, 1.807) is 9.80 Å². The molecule has 2 aromatic rings. The number of likely N-dealkylation sites (tertiary alicyclic amines) is 1. The first-order chi connectivity index (χ1) is 20.1. The van der Waals surface area contributed by atoms with Crippen molar-refractivity contribution in [2.45, 2.75) is 44.1 Å². The van der Waals surface area contributed by atoms with E-state index in [9.17, 15) is 22.4 Å². The van der Waals surface area contributed by atoms with Crippen LogP contribution in [0.1, 0.15) is 29.7 Å². The predicted octanol–water partition coefficient (Wildman–Crippen LogP) is 3.79. The average Bonchev–Trinajstić information content (AvgIpc) is 3.39. The van der Waals surface area contributed by atoms with Crippen molar-refractivity contribution in [1.29, 1.82) is 0 Å². The number of benzene rings is 1. The minimum atomic E-state index is -4.73. The first kappa shape index (κ1) is 29.6. The zero-order chi connectivity index (χ0) is 30.0. The molecule has 1 aromatic carbocycles. The van der Waals surface area contributed by atoms with Gasteiger partial charge in [-0.3, -0.25) is 4.79 Å². The van der Waals surface area contributed by atoms with Gasteiger partial charge in [0.1, 0.15) is 24.3 Å². The standard InChI is InChI=1S/C29H33F4N7O2/c1-4-26(41)40-13-12-39(16-21(40)15-34-2)27-22-9-11-38(25-8-7-19(30)14-23(25)29(31,32)33)17-24(22)35-28(36-27)42-18-20-6-5-10-37(20)3/h4,7-8,14,20-21H,1,5-6,9-13,15-18H2,3H3/t20-,21?/m0/s1. The van der Waals surface area contributed by atoms with Crippen LogP contribution >= 0.6 is 0 Å². The van der Waals surface area contributed by atoms with Crippen molar-refractivity contribution in [1.82, 2.24) is 19.8 Å². The summed E-state index contributed by atoms with van der Waals surface area (Å²) in [6.45, 7) is 13.9. The molecule has 1 aromatic heterocycles. The predicted molar refractivity (Wildman–Crippen MR) is 149 cm³/mol. The van der Waals surface area contributed by atoms with Gasteiger partial charge in [0.2, 0.25) is 12.5 Å². The van der Waals surface area contributed by atoms with Gasteiger partial charge in [-0.1, -0.05) is 6.58 Å². The Balaban J connectivity index is 1.48. The fourth-order valence-electron chi connectivity index (χ4n) is 6.01. The van der Waals surface area contributed by atoms with Crippen LogP contribution in [0.5, 0.6) is 6.01 Å². The monoisotopic (exact) mass is 587 g/mol. The van der Waals surface area contributed by atoms with Gasteiger partial charge in [0.15, 0.2) is 0 Å². The quantitative estimate of drug-likeness (QED) is 0.278. The maximum Gasteiger partial charge on any atom is 0.418 e. The number of fused-ring (bicyclic) bond motifs is 1. The number of likely N-dealkylation sites (N-methyl/N-ethyl adjacent to an activating group) is 1. The molecule has 1 amide bonds. The molecule has 1 unspecified atom stereocenters. The largest absolute Gasteiger partial charge is 0.462 e. The van der Waals surface area contributed by atoms with Crippen LogP contribution in [0.4, 0.5) is 29.1 Å². The van der Waals surface area contributed by atoms with E-state index < -0.39 is 17.6 Å². The van der Waals surface area contributed by atoms with Crippen molar-refractivity contribution < 1.29 is 27.1 Å². The number of hydrogen-bond donors (Lipinski definition) is 0. The highest BCUT2D eigenvalue weighted by Crippen LogP contribution is 2.39. The Labute approximate surface area is 242 Å². The smallest absolute Gasteiger partial charge is 0.418 e. The minimum Gasteiger partial charge on any atom is -0.462 e. The normalized spacial score (nSPS) is 21.2. The van der Waals surface area contributed by atoms with Crippen LogP contribution < -0.4 is 14.5 Å². The fourth-order valence-corrected chi connectivity index (χ4v) is 6.01. The van der Waals surface area contributed by atoms with Crippen LogP contribution in [0.15, 0.2) is 30.9 Å². The van der Waals surface area contributed by atoms with Crippen LogP contribution in [0.2, 0.25) is 0 Å². The van der Waals surface area contributed by atoms with Crippen molar-refractivity contribution >= 4 is 17.4 Å². The van der Waals surface area contributed by atoms with Gasteiger partial charge in [0.25, 0.3) is 0 Å². The van der Waals surface area contributed by atoms with Crippen LogP contribution in [0, 0.1) is 12.4 Å². The molecule has 4 heterocycles. The molecule has 2 atom stereocenters. The van der Waals surface area contributed by atoms with Crippen molar-refractivity contribution in [2.75, 3.05) is 62.7 Å². The van der Waals surface area contributed by atoms with Crippen molar-refractivity contribution in [2.24, 2.45) is 0 Å². The van der Waals surface area contributed by atoms with Gasteiger partial charge in [-0.05, 0) is 57.1 Å². The second-order valence-corrected chi connectivity index (χ2v) is 10.8. The van der Waals surface area contributed by atoms with E-state index in [0.717, 1.165) is 37.1 Å². The van der Waals surface area contributed by atoms with Crippen molar-refractivity contribution in [3.8, 4) is 6.01 Å². The molecule has 2 saturated heterocycles. The van der Waals surface area contributed by atoms with Gasteiger partial charge in [0, 0.05) is 43.5 Å². The molecule has 0 aliphatic carbocycles. The van der Waals surface area contributed by atoms with Crippen LogP contribution in [0.25, 0.3) is 4.85 Å². The molecule has 3 aliphatic heterocycles. The Morgan fingerprint density at radius 3 is 2.69 bits per heavy atom. The summed E-state index contributed by atoms with van der Waals surface area (Å²) in [7, 11) is 2.03. The second kappa shape index (κ2) is 12.1. The van der Waals surface area contributed by atoms with E-state index in [1.807, 2.05) is 11.9 Å². The molecule has 224 valence electrons. The number of halogens is 4. The number of nitrogens with zero attached hydrogens (tertiary/aromatic N) is 7. The average molecular weight is 588 g/mol. The van der Waals surface area contributed by atoms with E-state index in [0.29, 0.717) is 50.2 Å². The number of hydrogen-bond acceptors (Lipinski definition) is 7. The van der Waals surface area contributed by atoms with E-state index >= 15 is 0 Å². The Bertz CT molecular complexity index is 1380. The van der Waals surface area contributed by atoms with E-state index in [-0.39, 0.29) is 49.3 Å². The van der Waals surface area contributed by atoms with Crippen molar-refractivity contribution in [3.05, 3.63) is 64.9 Å². The third kappa shape index (κ3) is 6.13. The molecule has 0 saturated carbocycles. The summed E-state index contributed by atoms with van der Waals surface area (Å²) in [6, 6.07) is 2.66. The zero-order valence-electron chi connectivity index (χ0n) is 23.4. The lowest BCUT2D eigenvalue weighted by molar-refractivity contribution is -0.137. The van der Waals surface area contributed by atoms with Crippen LogP contribution in [-0.4, -0.2) is 90.7 Å². The molecule has 3 aliphatic rings. The molecule has 42 heavy (non-hydrogen) atoms. The fraction of sp³-hybridized carbons (Fsp3) is 0.517. The first-order valence-corrected chi connectivity index (χ1v) is 13.9. The highest BCUT2D eigenvalue weighted by molar-refractivity contribution is 5.87. The first-order valence-electron chi connectivity index (χ1n) is 13.9. The molecule has 0 N–H and O–H groups in total. The lowest BCUT2D eigenvalue weighted by Gasteiger charge is -2.41. The molecule has 9 nitrogen and oxygen atoms in total. The number of amides is 1. The summed E-state index contributed by atoms with van der Waals surface area (Å²) in [4.78, 5) is 32.8. The van der Waals surface area contributed by atoms with E-state index in [2.05, 4.69) is 21.3 Å². The van der Waals surface area contributed by atoms with E-state index in [4.69, 9.17) is 16.3 Å². The maximum atomic E-state index is 13.8. The topological polar surface area (TPSA) is 69.4 Å². The van der Waals surface area contributed by atoms with E-state index in [1.165, 1.54) is 6.08 Å². The number of carbonyl (C=O) groups excluding carboxylic acids is 1. The Hall–Kier alpha value is -3.92. The van der Waals surface area contributed by atoms with Gasteiger partial charge in [-0.15, -0.1) is 0 Å². The Morgan fingerprint density at radius 2 is 2.00 bits per heavy atom. The SMILES string of the molecule is [C-]#[N+]CC1CN(c2nc(OC[C@@H]3CCCN3C)nc3c2CCN(c2ccc(F)cc2C(F)(F)F)C3)CCN1C(=O)C=C.